The lowest BCUT2D eigenvalue weighted by Gasteiger charge is -2.34. The summed E-state index contributed by atoms with van der Waals surface area (Å²) in [5.74, 6) is 1.30. The normalized spacial score (nSPS) is 18.1. The van der Waals surface area contributed by atoms with Crippen LogP contribution in [0.15, 0.2) is 61.1 Å². The predicted octanol–water partition coefficient (Wildman–Crippen LogP) is 3.16. The molecular formula is C21H26N6. The third kappa shape index (κ3) is 3.95. The fraction of sp³-hybridized carbons (Fsp3) is 0.333. The molecule has 1 aromatic carbocycles. The van der Waals surface area contributed by atoms with Crippen LogP contribution in [-0.2, 0) is 7.05 Å². The number of nitrogens with zero attached hydrogens (tertiary/aromatic N) is 3. The van der Waals surface area contributed by atoms with Crippen LogP contribution in [0, 0.1) is 0 Å². The summed E-state index contributed by atoms with van der Waals surface area (Å²) in [5, 5.41) is 15.2. The number of rotatable bonds is 6. The number of nitrogens with one attached hydrogen (secondary N) is 3. The molecule has 0 saturated heterocycles. The number of fused-ring (bicyclic) bond motifs is 1. The molecule has 0 aliphatic carbocycles. The van der Waals surface area contributed by atoms with Crippen molar-refractivity contribution >= 4 is 11.5 Å². The van der Waals surface area contributed by atoms with Crippen LogP contribution in [0.1, 0.15) is 30.0 Å². The quantitative estimate of drug-likeness (QED) is 0.629. The Morgan fingerprint density at radius 2 is 2.04 bits per heavy atom. The van der Waals surface area contributed by atoms with Gasteiger partial charge in [-0.15, -0.1) is 0 Å². The summed E-state index contributed by atoms with van der Waals surface area (Å²) in [6.45, 7) is 3.94. The van der Waals surface area contributed by atoms with Crippen molar-refractivity contribution in [2.24, 2.45) is 7.05 Å². The average molecular weight is 362 g/mol. The number of anilines is 2. The summed E-state index contributed by atoms with van der Waals surface area (Å²) in [7, 11) is 1.96. The second kappa shape index (κ2) is 7.80. The zero-order valence-corrected chi connectivity index (χ0v) is 15.8. The zero-order chi connectivity index (χ0) is 18.6. The van der Waals surface area contributed by atoms with Crippen molar-refractivity contribution < 1.29 is 0 Å². The third-order valence-corrected chi connectivity index (χ3v) is 5.14. The number of benzene rings is 1. The first kappa shape index (κ1) is 17.5. The molecule has 1 aliphatic heterocycles. The van der Waals surface area contributed by atoms with Crippen molar-refractivity contribution in [2.75, 3.05) is 23.7 Å². The Morgan fingerprint density at radius 1 is 1.19 bits per heavy atom. The number of hydrogen-bond donors (Lipinski definition) is 3. The molecule has 6 heteroatoms. The van der Waals surface area contributed by atoms with Gasteiger partial charge in [-0.1, -0.05) is 37.3 Å². The van der Waals surface area contributed by atoms with Gasteiger partial charge in [0.05, 0.1) is 24.0 Å². The van der Waals surface area contributed by atoms with Gasteiger partial charge in [0.25, 0.3) is 0 Å². The maximum Gasteiger partial charge on any atom is 0.149 e. The maximum absolute atomic E-state index is 4.48. The van der Waals surface area contributed by atoms with Crippen molar-refractivity contribution in [3.05, 3.63) is 72.2 Å². The average Bonchev–Trinajstić information content (AvgIpc) is 3.15. The van der Waals surface area contributed by atoms with Gasteiger partial charge in [0.15, 0.2) is 0 Å². The molecule has 0 amide bonds. The lowest BCUT2D eigenvalue weighted by molar-refractivity contribution is 0.453. The second-order valence-corrected chi connectivity index (χ2v) is 7.18. The van der Waals surface area contributed by atoms with Gasteiger partial charge in [-0.2, -0.15) is 5.10 Å². The number of pyridine rings is 1. The van der Waals surface area contributed by atoms with Crippen molar-refractivity contribution in [1.29, 1.82) is 0 Å². The Labute approximate surface area is 160 Å². The summed E-state index contributed by atoms with van der Waals surface area (Å²) in [5.41, 5.74) is 3.58. The van der Waals surface area contributed by atoms with Gasteiger partial charge in [0.1, 0.15) is 5.82 Å². The molecule has 1 aliphatic rings. The second-order valence-electron chi connectivity index (χ2n) is 7.18. The molecule has 3 heterocycles. The van der Waals surface area contributed by atoms with E-state index in [0.717, 1.165) is 24.6 Å². The lowest BCUT2D eigenvalue weighted by atomic mass is 9.96. The summed E-state index contributed by atoms with van der Waals surface area (Å²) < 4.78 is 1.86. The van der Waals surface area contributed by atoms with Crippen LogP contribution in [0.2, 0.25) is 0 Å². The summed E-state index contributed by atoms with van der Waals surface area (Å²) in [6, 6.07) is 15.0. The van der Waals surface area contributed by atoms with Gasteiger partial charge in [-0.25, -0.2) is 4.98 Å². The Hall–Kier alpha value is -2.86. The molecule has 0 unspecified atom stereocenters. The van der Waals surface area contributed by atoms with E-state index in [9.17, 15) is 0 Å². The smallest absolute Gasteiger partial charge is 0.149 e. The monoisotopic (exact) mass is 362 g/mol. The van der Waals surface area contributed by atoms with Crippen LogP contribution in [-0.4, -0.2) is 33.9 Å². The van der Waals surface area contributed by atoms with Crippen molar-refractivity contribution in [3.8, 4) is 0 Å². The first-order valence-electron chi connectivity index (χ1n) is 9.43. The molecule has 140 valence electrons. The van der Waals surface area contributed by atoms with Gasteiger partial charge in [0, 0.05) is 32.5 Å². The van der Waals surface area contributed by atoms with Crippen molar-refractivity contribution in [3.63, 3.8) is 0 Å². The summed E-state index contributed by atoms with van der Waals surface area (Å²) in [6.07, 6.45) is 5.86. The fourth-order valence-electron chi connectivity index (χ4n) is 3.58. The summed E-state index contributed by atoms with van der Waals surface area (Å²) >= 11 is 0. The highest BCUT2D eigenvalue weighted by Crippen LogP contribution is 2.28. The van der Waals surface area contributed by atoms with Crippen LogP contribution in [0.5, 0.6) is 0 Å². The van der Waals surface area contributed by atoms with Gasteiger partial charge < -0.3 is 16.0 Å². The molecule has 0 radical (unpaired) electrons. The molecule has 0 spiro atoms. The molecule has 27 heavy (non-hydrogen) atoms. The fourth-order valence-corrected chi connectivity index (χ4v) is 3.58. The van der Waals surface area contributed by atoms with E-state index in [1.165, 1.54) is 11.1 Å². The standard InChI is InChI=1S/C21H26N6/c1-15(17-12-25-27(2)14-17)11-24-20(16-7-4-3-5-8-16)19-13-23-18-9-6-10-22-21(18)26-19/h3-10,12,14-15,19-20,23-24H,11,13H2,1-2H3,(H,22,26)/t15-,19+,20+/m0/s1. The molecule has 3 N–H and O–H groups in total. The van der Waals surface area contributed by atoms with E-state index in [2.05, 4.69) is 75.6 Å². The Balaban J connectivity index is 1.51. The minimum Gasteiger partial charge on any atom is -0.380 e. The zero-order valence-electron chi connectivity index (χ0n) is 15.8. The van der Waals surface area contributed by atoms with Gasteiger partial charge in [-0.05, 0) is 29.2 Å². The van der Waals surface area contributed by atoms with E-state index >= 15 is 0 Å². The number of aromatic nitrogens is 3. The highest BCUT2D eigenvalue weighted by molar-refractivity contribution is 5.67. The molecule has 4 rings (SSSR count). The number of aryl methyl sites for hydroxylation is 1. The SMILES string of the molecule is C[C@@H](CN[C@H](c1ccccc1)[C@H]1CNc2cccnc2N1)c1cnn(C)c1. The van der Waals surface area contributed by atoms with Gasteiger partial charge in [-0.3, -0.25) is 4.68 Å². The van der Waals surface area contributed by atoms with Crippen molar-refractivity contribution in [1.82, 2.24) is 20.1 Å². The van der Waals surface area contributed by atoms with Crippen LogP contribution in [0.25, 0.3) is 0 Å². The first-order valence-corrected chi connectivity index (χ1v) is 9.43. The van der Waals surface area contributed by atoms with E-state index in [4.69, 9.17) is 0 Å². The van der Waals surface area contributed by atoms with Crippen LogP contribution in [0.3, 0.4) is 0 Å². The molecule has 3 aromatic rings. The van der Waals surface area contributed by atoms with Crippen LogP contribution >= 0.6 is 0 Å². The highest BCUT2D eigenvalue weighted by atomic mass is 15.2. The predicted molar refractivity (Wildman–Crippen MR) is 109 cm³/mol. The molecule has 3 atom stereocenters. The lowest BCUT2D eigenvalue weighted by Crippen LogP contribution is -2.45. The Morgan fingerprint density at radius 3 is 2.81 bits per heavy atom. The number of hydrogen-bond acceptors (Lipinski definition) is 5. The third-order valence-electron chi connectivity index (χ3n) is 5.14. The van der Waals surface area contributed by atoms with E-state index in [-0.39, 0.29) is 12.1 Å². The van der Waals surface area contributed by atoms with E-state index in [1.807, 2.05) is 30.2 Å². The minimum atomic E-state index is 0.174. The molecule has 2 aromatic heterocycles. The van der Waals surface area contributed by atoms with Gasteiger partial charge in [0.2, 0.25) is 0 Å². The van der Waals surface area contributed by atoms with Crippen LogP contribution < -0.4 is 16.0 Å². The molecular weight excluding hydrogens is 336 g/mol. The van der Waals surface area contributed by atoms with Crippen molar-refractivity contribution in [2.45, 2.75) is 24.9 Å². The van der Waals surface area contributed by atoms with Crippen LogP contribution in [0.4, 0.5) is 11.5 Å². The topological polar surface area (TPSA) is 66.8 Å². The van der Waals surface area contributed by atoms with Gasteiger partial charge >= 0.3 is 0 Å². The minimum absolute atomic E-state index is 0.174. The van der Waals surface area contributed by atoms with E-state index < -0.39 is 0 Å². The summed E-state index contributed by atoms with van der Waals surface area (Å²) in [4.78, 5) is 4.48. The largest absolute Gasteiger partial charge is 0.380 e. The Kier molecular flexibility index (Phi) is 5.07. The first-order chi connectivity index (χ1) is 13.2. The molecule has 0 fully saturated rings. The maximum atomic E-state index is 4.48. The molecule has 6 nitrogen and oxygen atoms in total. The highest BCUT2D eigenvalue weighted by Gasteiger charge is 2.27. The molecule has 0 saturated carbocycles. The molecule has 0 bridgehead atoms. The van der Waals surface area contributed by atoms with E-state index in [0.29, 0.717) is 5.92 Å². The van der Waals surface area contributed by atoms with E-state index in [1.54, 1.807) is 0 Å². The Bertz CT molecular complexity index is 875.